The maximum Gasteiger partial charge on any atom is 0.338 e. The molecule has 3 N–H and O–H groups in total. The third kappa shape index (κ3) is 7.75. The molecule has 11 nitrogen and oxygen atoms in total. The molecule has 2 aliphatic rings. The number of nitrogens with zero attached hydrogens (tertiary/aromatic N) is 3. The number of carbonyl (C=O) groups excluding carboxylic acids is 2. The standard InChI is InChI=1S/C37H43N5O6/c1-5-47-37(44)33-32(29-7-6-8-30(23-29)42(45)46)31(26(4)39-35(33)38)36(43)48-22-21-40-17-19-41(20-18-40)34(27-13-9-24(2)10-14-27)28-15-11-25(3)12-16-28/h6-16,23,32,34,39H,5,17-22,38H2,1-4H3. The van der Waals surface area contributed by atoms with Crippen molar-refractivity contribution >= 4 is 17.6 Å². The molecule has 252 valence electrons. The number of nitrogens with two attached hydrogens (primary N) is 1. The number of allylic oxidation sites excluding steroid dienone is 1. The third-order valence-corrected chi connectivity index (χ3v) is 8.92. The maximum absolute atomic E-state index is 13.7. The fraction of sp³-hybridized carbons (Fsp3) is 0.351. The lowest BCUT2D eigenvalue weighted by Gasteiger charge is -2.39. The number of non-ortho nitro benzene ring substituents is 1. The molecule has 48 heavy (non-hydrogen) atoms. The molecule has 0 spiro atoms. The first-order valence-electron chi connectivity index (χ1n) is 16.2. The first-order chi connectivity index (χ1) is 23.1. The molecule has 3 aromatic carbocycles. The Balaban J connectivity index is 1.27. The number of esters is 2. The van der Waals surface area contributed by atoms with E-state index in [9.17, 15) is 19.7 Å². The van der Waals surface area contributed by atoms with Gasteiger partial charge in [-0.25, -0.2) is 9.59 Å². The van der Waals surface area contributed by atoms with Crippen LogP contribution < -0.4 is 11.1 Å². The molecule has 1 atom stereocenters. The van der Waals surface area contributed by atoms with Crippen LogP contribution in [0.2, 0.25) is 0 Å². The quantitative estimate of drug-likeness (QED) is 0.168. The van der Waals surface area contributed by atoms with Crippen molar-refractivity contribution in [3.05, 3.63) is 133 Å². The van der Waals surface area contributed by atoms with Gasteiger partial charge in [0.05, 0.1) is 34.6 Å². The summed E-state index contributed by atoms with van der Waals surface area (Å²) in [5, 5.41) is 14.5. The molecule has 5 rings (SSSR count). The van der Waals surface area contributed by atoms with Gasteiger partial charge >= 0.3 is 11.9 Å². The lowest BCUT2D eigenvalue weighted by Crippen LogP contribution is -2.48. The number of nitrogens with one attached hydrogen (secondary N) is 1. The third-order valence-electron chi connectivity index (χ3n) is 8.92. The van der Waals surface area contributed by atoms with Crippen LogP contribution in [0.4, 0.5) is 5.69 Å². The molecule has 0 aromatic heterocycles. The van der Waals surface area contributed by atoms with Gasteiger partial charge in [-0.15, -0.1) is 0 Å². The average molecular weight is 654 g/mol. The van der Waals surface area contributed by atoms with Crippen molar-refractivity contribution in [3.63, 3.8) is 0 Å². The zero-order valence-corrected chi connectivity index (χ0v) is 27.9. The van der Waals surface area contributed by atoms with Crippen molar-refractivity contribution in [2.24, 2.45) is 5.73 Å². The number of nitro groups is 1. The largest absolute Gasteiger partial charge is 0.463 e. The molecule has 0 radical (unpaired) electrons. The molecule has 0 aliphatic carbocycles. The van der Waals surface area contributed by atoms with E-state index in [-0.39, 0.29) is 41.9 Å². The van der Waals surface area contributed by atoms with Gasteiger partial charge in [0, 0.05) is 50.6 Å². The normalized spacial score (nSPS) is 17.3. The molecular weight excluding hydrogens is 610 g/mol. The monoisotopic (exact) mass is 653 g/mol. The molecule has 2 aliphatic heterocycles. The van der Waals surface area contributed by atoms with Crippen LogP contribution in [0.1, 0.15) is 53.6 Å². The first kappa shape index (κ1) is 34.3. The second kappa shape index (κ2) is 15.3. The van der Waals surface area contributed by atoms with E-state index in [0.29, 0.717) is 17.8 Å². The Morgan fingerprint density at radius 3 is 2.04 bits per heavy atom. The number of hydrogen-bond donors (Lipinski definition) is 2. The van der Waals surface area contributed by atoms with Crippen molar-refractivity contribution in [1.82, 2.24) is 15.1 Å². The summed E-state index contributed by atoms with van der Waals surface area (Å²) in [5.74, 6) is -2.35. The van der Waals surface area contributed by atoms with E-state index in [1.807, 2.05) is 0 Å². The zero-order valence-electron chi connectivity index (χ0n) is 27.9. The fourth-order valence-electron chi connectivity index (χ4n) is 6.41. The number of ether oxygens (including phenoxy) is 2. The summed E-state index contributed by atoms with van der Waals surface area (Å²) < 4.78 is 11.1. The van der Waals surface area contributed by atoms with Gasteiger partial charge in [0.25, 0.3) is 5.69 Å². The molecular formula is C37H43N5O6. The molecule has 1 fully saturated rings. The molecule has 11 heteroatoms. The highest BCUT2D eigenvalue weighted by Gasteiger charge is 2.39. The summed E-state index contributed by atoms with van der Waals surface area (Å²) in [5.41, 5.74) is 11.9. The van der Waals surface area contributed by atoms with Crippen LogP contribution in [-0.4, -0.2) is 72.6 Å². The predicted octanol–water partition coefficient (Wildman–Crippen LogP) is 4.86. The minimum atomic E-state index is -1.01. The SMILES string of the molecule is CCOC(=O)C1=C(N)NC(C)=C(C(=O)OCCN2CCN(C(c3ccc(C)cc3)c3ccc(C)cc3)CC2)C1c1cccc([N+](=O)[O-])c1. The highest BCUT2D eigenvalue weighted by Crippen LogP contribution is 2.39. The van der Waals surface area contributed by atoms with Crippen LogP contribution in [0.3, 0.4) is 0 Å². The highest BCUT2D eigenvalue weighted by molar-refractivity contribution is 5.99. The van der Waals surface area contributed by atoms with Crippen molar-refractivity contribution < 1.29 is 24.0 Å². The van der Waals surface area contributed by atoms with E-state index >= 15 is 0 Å². The van der Waals surface area contributed by atoms with Crippen molar-refractivity contribution in [2.75, 3.05) is 45.9 Å². The topological polar surface area (TPSA) is 140 Å². The first-order valence-corrected chi connectivity index (χ1v) is 16.2. The van der Waals surface area contributed by atoms with Crippen LogP contribution in [0.15, 0.2) is 95.5 Å². The molecule has 0 bridgehead atoms. The Kier molecular flexibility index (Phi) is 10.9. The predicted molar refractivity (Wildman–Crippen MR) is 183 cm³/mol. The Hall–Kier alpha value is -5.00. The van der Waals surface area contributed by atoms with E-state index < -0.39 is 22.8 Å². The van der Waals surface area contributed by atoms with E-state index in [1.54, 1.807) is 19.9 Å². The van der Waals surface area contributed by atoms with E-state index in [2.05, 4.69) is 77.5 Å². The van der Waals surface area contributed by atoms with Gasteiger partial charge in [-0.05, 0) is 44.4 Å². The summed E-state index contributed by atoms with van der Waals surface area (Å²) in [4.78, 5) is 42.6. The number of benzene rings is 3. The lowest BCUT2D eigenvalue weighted by atomic mass is 9.81. The Labute approximate surface area is 281 Å². The minimum absolute atomic E-state index is 0.00253. The summed E-state index contributed by atoms with van der Waals surface area (Å²) in [7, 11) is 0. The highest BCUT2D eigenvalue weighted by atomic mass is 16.6. The van der Waals surface area contributed by atoms with E-state index in [1.165, 1.54) is 40.5 Å². The molecule has 3 aromatic rings. The van der Waals surface area contributed by atoms with Gasteiger partial charge in [-0.2, -0.15) is 0 Å². The Bertz CT molecular complexity index is 1660. The number of hydrogen-bond acceptors (Lipinski definition) is 10. The minimum Gasteiger partial charge on any atom is -0.463 e. The number of carbonyl (C=O) groups is 2. The lowest BCUT2D eigenvalue weighted by molar-refractivity contribution is -0.384. The smallest absolute Gasteiger partial charge is 0.338 e. The summed E-state index contributed by atoms with van der Waals surface area (Å²) in [6, 6.07) is 23.4. The number of nitro benzene ring substituents is 1. The number of dihydropyridines is 1. The molecule has 0 saturated carbocycles. The number of aryl methyl sites for hydroxylation is 2. The van der Waals surface area contributed by atoms with Gasteiger partial charge in [0.15, 0.2) is 0 Å². The Morgan fingerprint density at radius 2 is 1.48 bits per heavy atom. The zero-order chi connectivity index (χ0) is 34.4. The van der Waals surface area contributed by atoms with Crippen LogP contribution in [0.25, 0.3) is 0 Å². The summed E-state index contributed by atoms with van der Waals surface area (Å²) in [6.07, 6.45) is 0. The van der Waals surface area contributed by atoms with Gasteiger partial charge < -0.3 is 20.5 Å². The molecule has 2 heterocycles. The summed E-state index contributed by atoms with van der Waals surface area (Å²) in [6.45, 7) is 11.6. The number of rotatable bonds is 11. The van der Waals surface area contributed by atoms with Crippen molar-refractivity contribution in [2.45, 2.75) is 39.7 Å². The van der Waals surface area contributed by atoms with Crippen LogP contribution >= 0.6 is 0 Å². The van der Waals surface area contributed by atoms with Crippen molar-refractivity contribution in [1.29, 1.82) is 0 Å². The number of piperazine rings is 1. The second-order valence-electron chi connectivity index (χ2n) is 12.2. The van der Waals surface area contributed by atoms with Crippen LogP contribution in [-0.2, 0) is 19.1 Å². The molecule has 0 amide bonds. The molecule has 1 unspecified atom stereocenters. The van der Waals surface area contributed by atoms with E-state index in [0.717, 1.165) is 26.2 Å². The molecule has 1 saturated heterocycles. The fourth-order valence-corrected chi connectivity index (χ4v) is 6.41. The van der Waals surface area contributed by atoms with Gasteiger partial charge in [-0.1, -0.05) is 71.8 Å². The second-order valence-corrected chi connectivity index (χ2v) is 12.2. The van der Waals surface area contributed by atoms with Crippen molar-refractivity contribution in [3.8, 4) is 0 Å². The Morgan fingerprint density at radius 1 is 0.896 bits per heavy atom. The van der Waals surface area contributed by atoms with Crippen LogP contribution in [0, 0.1) is 24.0 Å². The van der Waals surface area contributed by atoms with Crippen LogP contribution in [0.5, 0.6) is 0 Å². The van der Waals surface area contributed by atoms with E-state index in [4.69, 9.17) is 15.2 Å². The van der Waals surface area contributed by atoms with Gasteiger partial charge in [0.1, 0.15) is 12.4 Å². The van der Waals surface area contributed by atoms with Gasteiger partial charge in [0.2, 0.25) is 0 Å². The summed E-state index contributed by atoms with van der Waals surface area (Å²) >= 11 is 0. The maximum atomic E-state index is 13.7. The van der Waals surface area contributed by atoms with Gasteiger partial charge in [-0.3, -0.25) is 19.9 Å². The average Bonchev–Trinajstić information content (AvgIpc) is 3.07.